The number of benzene rings is 1. The standard InChI is InChI=1S/C14H17NO4/c1-8(2)14(17)15-11-7-13(19-5)12(18-4)6-10(11)9(3)16/h6-7H,1H2,2-5H3,(H,15,17). The second kappa shape index (κ2) is 6.04. The van der Waals surface area contributed by atoms with Gasteiger partial charge in [-0.15, -0.1) is 0 Å². The summed E-state index contributed by atoms with van der Waals surface area (Å²) >= 11 is 0. The summed E-state index contributed by atoms with van der Waals surface area (Å²) in [5, 5.41) is 2.62. The van der Waals surface area contributed by atoms with Crippen LogP contribution in [-0.4, -0.2) is 25.9 Å². The van der Waals surface area contributed by atoms with Crippen molar-refractivity contribution in [2.24, 2.45) is 0 Å². The molecule has 1 rings (SSSR count). The van der Waals surface area contributed by atoms with Gasteiger partial charge in [0.2, 0.25) is 0 Å². The van der Waals surface area contributed by atoms with Crippen molar-refractivity contribution in [3.05, 3.63) is 29.8 Å². The molecule has 0 heterocycles. The summed E-state index contributed by atoms with van der Waals surface area (Å²) in [5.74, 6) is 0.332. The van der Waals surface area contributed by atoms with Gasteiger partial charge in [0, 0.05) is 17.2 Å². The predicted octanol–water partition coefficient (Wildman–Crippen LogP) is 2.42. The lowest BCUT2D eigenvalue weighted by atomic mass is 10.1. The topological polar surface area (TPSA) is 64.6 Å². The van der Waals surface area contributed by atoms with E-state index in [1.54, 1.807) is 13.0 Å². The van der Waals surface area contributed by atoms with Crippen LogP contribution < -0.4 is 14.8 Å². The lowest BCUT2D eigenvalue weighted by Crippen LogP contribution is -2.14. The Balaban J connectivity index is 3.31. The van der Waals surface area contributed by atoms with Gasteiger partial charge in [-0.1, -0.05) is 6.58 Å². The van der Waals surface area contributed by atoms with Gasteiger partial charge in [-0.3, -0.25) is 9.59 Å². The second-order valence-electron chi connectivity index (χ2n) is 4.04. The van der Waals surface area contributed by atoms with Crippen LogP contribution in [-0.2, 0) is 4.79 Å². The summed E-state index contributed by atoms with van der Waals surface area (Å²) in [6.07, 6.45) is 0. The molecule has 0 radical (unpaired) electrons. The molecule has 0 fully saturated rings. The highest BCUT2D eigenvalue weighted by molar-refractivity contribution is 6.08. The molecule has 0 unspecified atom stereocenters. The van der Waals surface area contributed by atoms with Crippen LogP contribution in [0.5, 0.6) is 11.5 Å². The first-order valence-electron chi connectivity index (χ1n) is 5.64. The molecule has 5 heteroatoms. The Morgan fingerprint density at radius 3 is 2.05 bits per heavy atom. The average molecular weight is 263 g/mol. The number of ether oxygens (including phenoxy) is 2. The quantitative estimate of drug-likeness (QED) is 0.654. The third-order valence-corrected chi connectivity index (χ3v) is 2.54. The molecule has 0 aromatic heterocycles. The number of Topliss-reactive ketones (excluding diaryl/α,β-unsaturated/α-hetero) is 1. The maximum Gasteiger partial charge on any atom is 0.250 e. The molecule has 0 saturated heterocycles. The highest BCUT2D eigenvalue weighted by Gasteiger charge is 2.16. The maximum absolute atomic E-state index is 11.6. The normalized spacial score (nSPS) is 9.68. The van der Waals surface area contributed by atoms with E-state index in [2.05, 4.69) is 11.9 Å². The number of ketones is 1. The fourth-order valence-electron chi connectivity index (χ4n) is 1.50. The highest BCUT2D eigenvalue weighted by atomic mass is 16.5. The molecule has 1 aromatic rings. The third kappa shape index (κ3) is 3.34. The van der Waals surface area contributed by atoms with Crippen molar-refractivity contribution in [3.8, 4) is 11.5 Å². The van der Waals surface area contributed by atoms with Gasteiger partial charge in [0.15, 0.2) is 17.3 Å². The molecule has 1 N–H and O–H groups in total. The van der Waals surface area contributed by atoms with E-state index in [4.69, 9.17) is 9.47 Å². The molecule has 0 atom stereocenters. The molecule has 0 saturated carbocycles. The first-order valence-corrected chi connectivity index (χ1v) is 5.64. The van der Waals surface area contributed by atoms with E-state index in [1.807, 2.05) is 0 Å². The second-order valence-corrected chi connectivity index (χ2v) is 4.04. The summed E-state index contributed by atoms with van der Waals surface area (Å²) in [6.45, 7) is 6.55. The molecule has 19 heavy (non-hydrogen) atoms. The number of hydrogen-bond acceptors (Lipinski definition) is 4. The van der Waals surface area contributed by atoms with Crippen molar-refractivity contribution >= 4 is 17.4 Å². The van der Waals surface area contributed by atoms with E-state index in [0.717, 1.165) is 0 Å². The van der Waals surface area contributed by atoms with Crippen LogP contribution in [0.4, 0.5) is 5.69 Å². The third-order valence-electron chi connectivity index (χ3n) is 2.54. The lowest BCUT2D eigenvalue weighted by Gasteiger charge is -2.14. The van der Waals surface area contributed by atoms with E-state index in [-0.39, 0.29) is 11.7 Å². The Bertz CT molecular complexity index is 534. The number of anilines is 1. The largest absolute Gasteiger partial charge is 0.493 e. The first kappa shape index (κ1) is 14.8. The monoisotopic (exact) mass is 263 g/mol. The van der Waals surface area contributed by atoms with Gasteiger partial charge >= 0.3 is 0 Å². The molecule has 1 amide bonds. The summed E-state index contributed by atoms with van der Waals surface area (Å²) in [5.41, 5.74) is 1.08. The first-order chi connectivity index (χ1) is 8.90. The average Bonchev–Trinajstić information content (AvgIpc) is 2.37. The number of hydrogen-bond donors (Lipinski definition) is 1. The smallest absolute Gasteiger partial charge is 0.250 e. The zero-order valence-electron chi connectivity index (χ0n) is 11.5. The van der Waals surface area contributed by atoms with Crippen molar-refractivity contribution in [1.29, 1.82) is 0 Å². The van der Waals surface area contributed by atoms with Crippen molar-refractivity contribution in [2.45, 2.75) is 13.8 Å². The molecule has 1 aromatic carbocycles. The van der Waals surface area contributed by atoms with E-state index in [0.29, 0.717) is 28.3 Å². The SMILES string of the molecule is C=C(C)C(=O)Nc1cc(OC)c(OC)cc1C(C)=O. The van der Waals surface area contributed by atoms with Crippen molar-refractivity contribution in [2.75, 3.05) is 19.5 Å². The maximum atomic E-state index is 11.6. The summed E-state index contributed by atoms with van der Waals surface area (Å²) in [6, 6.07) is 3.09. The van der Waals surface area contributed by atoms with Crippen LogP contribution in [0.3, 0.4) is 0 Å². The van der Waals surface area contributed by atoms with Crippen LogP contribution in [0.15, 0.2) is 24.3 Å². The van der Waals surface area contributed by atoms with Gasteiger partial charge in [-0.05, 0) is 19.9 Å². The van der Waals surface area contributed by atoms with Gasteiger partial charge in [0.05, 0.1) is 19.9 Å². The minimum atomic E-state index is -0.352. The van der Waals surface area contributed by atoms with Crippen molar-refractivity contribution in [1.82, 2.24) is 0 Å². The van der Waals surface area contributed by atoms with Crippen LogP contribution in [0.1, 0.15) is 24.2 Å². The molecular formula is C14H17NO4. The fraction of sp³-hybridized carbons (Fsp3) is 0.286. The summed E-state index contributed by atoms with van der Waals surface area (Å²) in [7, 11) is 2.96. The van der Waals surface area contributed by atoms with E-state index < -0.39 is 0 Å². The van der Waals surface area contributed by atoms with Crippen molar-refractivity contribution < 1.29 is 19.1 Å². The van der Waals surface area contributed by atoms with Crippen LogP contribution in [0.25, 0.3) is 0 Å². The molecule has 102 valence electrons. The number of amides is 1. The fourth-order valence-corrected chi connectivity index (χ4v) is 1.50. The Morgan fingerprint density at radius 2 is 1.63 bits per heavy atom. The number of carbonyl (C=O) groups is 2. The minimum Gasteiger partial charge on any atom is -0.493 e. The molecule has 0 aliphatic rings. The van der Waals surface area contributed by atoms with Crippen LogP contribution in [0, 0.1) is 0 Å². The Kier molecular flexibility index (Phi) is 4.69. The molecule has 0 bridgehead atoms. The van der Waals surface area contributed by atoms with E-state index in [1.165, 1.54) is 27.2 Å². The van der Waals surface area contributed by atoms with Gasteiger partial charge in [-0.25, -0.2) is 0 Å². The van der Waals surface area contributed by atoms with Crippen LogP contribution in [0.2, 0.25) is 0 Å². The molecule has 0 aliphatic carbocycles. The zero-order valence-corrected chi connectivity index (χ0v) is 11.5. The predicted molar refractivity (Wildman–Crippen MR) is 73.0 cm³/mol. The molecule has 5 nitrogen and oxygen atoms in total. The van der Waals surface area contributed by atoms with Crippen LogP contribution >= 0.6 is 0 Å². The summed E-state index contributed by atoms with van der Waals surface area (Å²) < 4.78 is 10.3. The number of carbonyl (C=O) groups excluding carboxylic acids is 2. The number of rotatable bonds is 5. The molecule has 0 aliphatic heterocycles. The molecule has 0 spiro atoms. The Morgan fingerprint density at radius 1 is 1.11 bits per heavy atom. The van der Waals surface area contributed by atoms with Gasteiger partial charge in [-0.2, -0.15) is 0 Å². The Labute approximate surface area is 112 Å². The lowest BCUT2D eigenvalue weighted by molar-refractivity contribution is -0.112. The molecular weight excluding hydrogens is 246 g/mol. The highest BCUT2D eigenvalue weighted by Crippen LogP contribution is 2.33. The van der Waals surface area contributed by atoms with Gasteiger partial charge in [0.1, 0.15) is 0 Å². The van der Waals surface area contributed by atoms with E-state index >= 15 is 0 Å². The summed E-state index contributed by atoms with van der Waals surface area (Å²) in [4.78, 5) is 23.3. The van der Waals surface area contributed by atoms with Crippen molar-refractivity contribution in [3.63, 3.8) is 0 Å². The Hall–Kier alpha value is -2.30. The van der Waals surface area contributed by atoms with E-state index in [9.17, 15) is 9.59 Å². The number of methoxy groups -OCH3 is 2. The zero-order chi connectivity index (χ0) is 14.6. The van der Waals surface area contributed by atoms with Gasteiger partial charge in [0.25, 0.3) is 5.91 Å². The minimum absolute atomic E-state index is 0.182. The van der Waals surface area contributed by atoms with Gasteiger partial charge < -0.3 is 14.8 Å². The number of nitrogens with one attached hydrogen (secondary N) is 1.